The molecular formula is C27H38F6O3. The van der Waals surface area contributed by atoms with Crippen molar-refractivity contribution < 1.29 is 40.9 Å². The maximum atomic E-state index is 12.6. The number of hydrogen-bond acceptors (Lipinski definition) is 3. The fourth-order valence-corrected chi connectivity index (χ4v) is 6.65. The van der Waals surface area contributed by atoms with Crippen molar-refractivity contribution in [2.45, 2.75) is 103 Å². The summed E-state index contributed by atoms with van der Waals surface area (Å²) in [7, 11) is 0. The molecule has 0 radical (unpaired) electrons. The van der Waals surface area contributed by atoms with E-state index in [9.17, 15) is 31.4 Å². The molecule has 206 valence electrons. The van der Waals surface area contributed by atoms with Gasteiger partial charge in [-0.1, -0.05) is 33.3 Å². The lowest BCUT2D eigenvalue weighted by atomic mass is 9.55. The fraction of sp³-hybridized carbons (Fsp3) is 0.778. The van der Waals surface area contributed by atoms with E-state index in [2.05, 4.69) is 25.5 Å². The quantitative estimate of drug-likeness (QED) is 0.303. The van der Waals surface area contributed by atoms with Crippen molar-refractivity contribution in [2.24, 2.45) is 17.3 Å². The maximum Gasteiger partial charge on any atom is 0.423 e. The van der Waals surface area contributed by atoms with E-state index < -0.39 is 25.1 Å². The molecule has 3 aliphatic carbocycles. The van der Waals surface area contributed by atoms with Gasteiger partial charge in [-0.3, -0.25) is 0 Å². The molecule has 0 saturated heterocycles. The summed E-state index contributed by atoms with van der Waals surface area (Å²) in [5.41, 5.74) is 2.51. The molecule has 0 spiro atoms. The smallest absolute Gasteiger partial charge is 0.423 e. The molecule has 0 amide bonds. The predicted molar refractivity (Wildman–Crippen MR) is 125 cm³/mol. The van der Waals surface area contributed by atoms with Gasteiger partial charge >= 0.3 is 12.4 Å². The molecule has 0 aromatic heterocycles. The molecule has 0 heterocycles. The second-order valence-electron chi connectivity index (χ2n) is 10.7. The summed E-state index contributed by atoms with van der Waals surface area (Å²) in [5.74, 6) is 1.75. The summed E-state index contributed by atoms with van der Waals surface area (Å²) >= 11 is 0. The van der Waals surface area contributed by atoms with Crippen molar-refractivity contribution in [1.29, 1.82) is 0 Å². The highest BCUT2D eigenvalue weighted by molar-refractivity contribution is 5.40. The zero-order chi connectivity index (χ0) is 26.7. The number of hydrogen-bond donors (Lipinski definition) is 1. The Kier molecular flexibility index (Phi) is 9.29. The first-order valence-electron chi connectivity index (χ1n) is 13.0. The van der Waals surface area contributed by atoms with Crippen LogP contribution in [0, 0.1) is 17.3 Å². The molecule has 0 bridgehead atoms. The van der Waals surface area contributed by atoms with Gasteiger partial charge in [-0.25, -0.2) is 0 Å². The highest BCUT2D eigenvalue weighted by atomic mass is 19.4. The second-order valence-corrected chi connectivity index (χ2v) is 10.7. The second kappa shape index (κ2) is 11.5. The van der Waals surface area contributed by atoms with Gasteiger partial charge in [0.1, 0.15) is 5.75 Å². The third-order valence-corrected chi connectivity index (χ3v) is 8.11. The van der Waals surface area contributed by atoms with E-state index in [4.69, 9.17) is 4.74 Å². The highest BCUT2D eigenvalue weighted by Gasteiger charge is 2.58. The topological polar surface area (TPSA) is 38.7 Å². The van der Waals surface area contributed by atoms with E-state index >= 15 is 0 Å². The van der Waals surface area contributed by atoms with E-state index in [1.165, 1.54) is 17.5 Å². The minimum absolute atomic E-state index is 0.0250. The third-order valence-electron chi connectivity index (χ3n) is 8.11. The molecule has 1 aromatic carbocycles. The lowest BCUT2D eigenvalue weighted by Crippen LogP contribution is -2.45. The van der Waals surface area contributed by atoms with E-state index in [0.29, 0.717) is 23.5 Å². The summed E-state index contributed by atoms with van der Waals surface area (Å²) < 4.78 is 85.5. The van der Waals surface area contributed by atoms with Crippen LogP contribution < -0.4 is 0 Å². The molecule has 5 unspecified atom stereocenters. The van der Waals surface area contributed by atoms with Crippen LogP contribution in [0.15, 0.2) is 18.2 Å². The SMILES string of the molecule is CC12CCC3c4ccc(O)cc4CCC3C1CCC2OCCCOC(C(F)(F)F)C(F)(F)F.CCC. The van der Waals surface area contributed by atoms with Gasteiger partial charge in [-0.2, -0.15) is 26.3 Å². The summed E-state index contributed by atoms with van der Waals surface area (Å²) in [6, 6.07) is 5.66. The maximum absolute atomic E-state index is 12.6. The molecule has 36 heavy (non-hydrogen) atoms. The predicted octanol–water partition coefficient (Wildman–Crippen LogP) is 7.95. The molecule has 3 nitrogen and oxygen atoms in total. The zero-order valence-corrected chi connectivity index (χ0v) is 21.2. The molecule has 4 rings (SSSR count). The van der Waals surface area contributed by atoms with Crippen molar-refractivity contribution >= 4 is 0 Å². The molecule has 1 aromatic rings. The normalized spacial score (nSPS) is 29.7. The molecule has 2 fully saturated rings. The first kappa shape index (κ1) is 29.1. The molecule has 0 aliphatic heterocycles. The van der Waals surface area contributed by atoms with Gasteiger partial charge in [0.05, 0.1) is 6.10 Å². The number of aryl methyl sites for hydroxylation is 1. The van der Waals surface area contributed by atoms with Crippen LogP contribution in [-0.2, 0) is 15.9 Å². The van der Waals surface area contributed by atoms with Gasteiger partial charge in [-0.15, -0.1) is 0 Å². The number of fused-ring (bicyclic) bond motifs is 5. The number of aromatic hydroxyl groups is 1. The summed E-state index contributed by atoms with van der Waals surface area (Å²) in [6.45, 7) is 5.88. The number of rotatable bonds is 6. The van der Waals surface area contributed by atoms with Gasteiger partial charge in [0.2, 0.25) is 6.10 Å². The van der Waals surface area contributed by atoms with E-state index in [1.807, 2.05) is 12.1 Å². The average Bonchev–Trinajstić information content (AvgIpc) is 3.10. The Hall–Kier alpha value is -1.48. The lowest BCUT2D eigenvalue weighted by molar-refractivity contribution is -0.322. The van der Waals surface area contributed by atoms with Crippen molar-refractivity contribution in [3.05, 3.63) is 29.3 Å². The van der Waals surface area contributed by atoms with Gasteiger partial charge in [-0.05, 0) is 91.4 Å². The number of benzene rings is 1. The lowest BCUT2D eigenvalue weighted by Gasteiger charge is -2.50. The van der Waals surface area contributed by atoms with Crippen LogP contribution in [0.5, 0.6) is 5.75 Å². The number of alkyl halides is 6. The van der Waals surface area contributed by atoms with Crippen molar-refractivity contribution in [3.8, 4) is 5.75 Å². The van der Waals surface area contributed by atoms with Gasteiger partial charge in [0.15, 0.2) is 0 Å². The van der Waals surface area contributed by atoms with E-state index in [-0.39, 0.29) is 24.5 Å². The van der Waals surface area contributed by atoms with Gasteiger partial charge in [0.25, 0.3) is 0 Å². The van der Waals surface area contributed by atoms with Crippen LogP contribution >= 0.6 is 0 Å². The fourth-order valence-electron chi connectivity index (χ4n) is 6.65. The summed E-state index contributed by atoms with van der Waals surface area (Å²) in [4.78, 5) is 0. The zero-order valence-electron chi connectivity index (χ0n) is 21.2. The monoisotopic (exact) mass is 524 g/mol. The Bertz CT molecular complexity index is 841. The largest absolute Gasteiger partial charge is 0.508 e. The van der Waals surface area contributed by atoms with E-state index in [0.717, 1.165) is 38.5 Å². The summed E-state index contributed by atoms with van der Waals surface area (Å²) in [5, 5.41) is 9.80. The molecule has 9 heteroatoms. The Morgan fingerprint density at radius 3 is 2.31 bits per heavy atom. The molecular weight excluding hydrogens is 486 g/mol. The summed E-state index contributed by atoms with van der Waals surface area (Å²) in [6.07, 6.45) is -7.74. The van der Waals surface area contributed by atoms with Crippen molar-refractivity contribution in [3.63, 3.8) is 0 Å². The van der Waals surface area contributed by atoms with Gasteiger partial charge < -0.3 is 14.6 Å². The minimum atomic E-state index is -5.48. The van der Waals surface area contributed by atoms with Crippen LogP contribution in [0.3, 0.4) is 0 Å². The Morgan fingerprint density at radius 1 is 1.00 bits per heavy atom. The van der Waals surface area contributed by atoms with Crippen molar-refractivity contribution in [1.82, 2.24) is 0 Å². The Balaban J connectivity index is 0.00000115. The van der Waals surface area contributed by atoms with Crippen molar-refractivity contribution in [2.75, 3.05) is 13.2 Å². The first-order chi connectivity index (χ1) is 16.8. The van der Waals surface area contributed by atoms with Crippen LogP contribution in [0.4, 0.5) is 26.3 Å². The standard InChI is InChI=1S/C24H30F6O3.C3H8/c1-22-10-9-17-16-6-4-15(31)13-14(16)3-5-18(17)19(22)7-8-20(22)32-11-2-12-33-21(23(25,26)27)24(28,29)30;1-3-2/h4,6,13,17-21,31H,2-3,5,7-12H2,1H3;3H2,1-2H3. The number of ether oxygens (including phenoxy) is 2. The number of phenolic OH excluding ortho intramolecular Hbond substituents is 1. The van der Waals surface area contributed by atoms with Gasteiger partial charge in [0, 0.05) is 13.2 Å². The molecule has 3 aliphatic rings. The first-order valence-corrected chi connectivity index (χ1v) is 13.0. The van der Waals surface area contributed by atoms with Crippen LogP contribution in [0.2, 0.25) is 0 Å². The highest BCUT2D eigenvalue weighted by Crippen LogP contribution is 2.61. The third kappa shape index (κ3) is 6.32. The van der Waals surface area contributed by atoms with Crippen LogP contribution in [0.1, 0.15) is 82.8 Å². The Labute approximate surface area is 209 Å². The minimum Gasteiger partial charge on any atom is -0.508 e. The Morgan fingerprint density at radius 2 is 1.67 bits per heavy atom. The van der Waals surface area contributed by atoms with E-state index in [1.54, 1.807) is 6.07 Å². The number of halogens is 6. The molecule has 5 atom stereocenters. The van der Waals surface area contributed by atoms with Crippen LogP contribution in [-0.4, -0.2) is 42.9 Å². The van der Waals surface area contributed by atoms with Crippen LogP contribution in [0.25, 0.3) is 0 Å². The molecule has 2 saturated carbocycles. The number of phenols is 1. The molecule has 1 N–H and O–H groups in total. The average molecular weight is 525 g/mol.